The molecule has 212 valence electrons. The van der Waals surface area contributed by atoms with Crippen LogP contribution in [0.15, 0.2) is 23.2 Å². The highest BCUT2D eigenvalue weighted by Gasteiger charge is 2.26. The van der Waals surface area contributed by atoms with Crippen LogP contribution in [-0.4, -0.2) is 60.5 Å². The predicted molar refractivity (Wildman–Crippen MR) is 151 cm³/mol. The van der Waals surface area contributed by atoms with E-state index in [0.29, 0.717) is 32.0 Å². The predicted octanol–water partition coefficient (Wildman–Crippen LogP) is 5.40. The number of unbranched alkanes of at least 4 members (excludes halogenated alkanes) is 1. The number of guanidine groups is 1. The first-order valence-corrected chi connectivity index (χ1v) is 14.3. The molecule has 1 atom stereocenters. The number of hydrogen-bond acceptors (Lipinski definition) is 7. The van der Waals surface area contributed by atoms with Gasteiger partial charge in [-0.1, -0.05) is 59.3 Å². The SMILES string of the molecule is CC(OC(=O)CN1Cc2cc(OCCCC(=O)N(C)CCCCC3CCCC3)ccc2N=C1N)C(C)(C)C. The van der Waals surface area contributed by atoms with Crippen molar-refractivity contribution in [2.75, 3.05) is 26.7 Å². The molecule has 1 heterocycles. The van der Waals surface area contributed by atoms with E-state index in [1.54, 1.807) is 4.90 Å². The first kappa shape index (κ1) is 29.8. The molecule has 1 amide bonds. The molecule has 0 radical (unpaired) electrons. The minimum absolute atomic E-state index is 0.0382. The van der Waals surface area contributed by atoms with E-state index in [4.69, 9.17) is 15.2 Å². The molecule has 8 heteroatoms. The molecular formula is C30H48N4O4. The molecule has 1 aliphatic heterocycles. The van der Waals surface area contributed by atoms with Crippen LogP contribution < -0.4 is 10.5 Å². The van der Waals surface area contributed by atoms with E-state index in [9.17, 15) is 9.59 Å². The number of esters is 1. The van der Waals surface area contributed by atoms with Gasteiger partial charge in [-0.2, -0.15) is 0 Å². The molecule has 0 spiro atoms. The molecule has 0 saturated heterocycles. The Labute approximate surface area is 228 Å². The highest BCUT2D eigenvalue weighted by Crippen LogP contribution is 2.30. The molecule has 1 saturated carbocycles. The number of amides is 1. The summed E-state index contributed by atoms with van der Waals surface area (Å²) < 4.78 is 11.5. The topological polar surface area (TPSA) is 97.5 Å². The van der Waals surface area contributed by atoms with Crippen molar-refractivity contribution in [3.63, 3.8) is 0 Å². The smallest absolute Gasteiger partial charge is 0.325 e. The lowest BCUT2D eigenvalue weighted by molar-refractivity contribution is -0.153. The van der Waals surface area contributed by atoms with Crippen LogP contribution in [0.25, 0.3) is 0 Å². The van der Waals surface area contributed by atoms with Crippen molar-refractivity contribution in [1.29, 1.82) is 0 Å². The summed E-state index contributed by atoms with van der Waals surface area (Å²) in [7, 11) is 1.90. The summed E-state index contributed by atoms with van der Waals surface area (Å²) >= 11 is 0. The maximum absolute atomic E-state index is 12.5. The van der Waals surface area contributed by atoms with Gasteiger partial charge in [0.25, 0.3) is 0 Å². The standard InChI is InChI=1S/C30H48N4O4/c1-22(30(2,3)4)38-28(36)21-34-20-24-19-25(15-16-26(24)32-29(34)31)37-18-10-14-27(35)33(5)17-9-8-13-23-11-6-7-12-23/h15-16,19,22-23H,6-14,17-18,20-21H2,1-5H3,(H2,31,32). The number of carbonyl (C=O) groups excluding carboxylic acids is 2. The summed E-state index contributed by atoms with van der Waals surface area (Å²) in [5.74, 6) is 1.78. The maximum Gasteiger partial charge on any atom is 0.325 e. The van der Waals surface area contributed by atoms with Gasteiger partial charge in [-0.05, 0) is 49.3 Å². The van der Waals surface area contributed by atoms with Crippen LogP contribution in [0.1, 0.15) is 91.0 Å². The van der Waals surface area contributed by atoms with Gasteiger partial charge in [0.15, 0.2) is 5.96 Å². The van der Waals surface area contributed by atoms with Gasteiger partial charge >= 0.3 is 5.97 Å². The molecule has 1 aromatic rings. The number of benzene rings is 1. The fourth-order valence-corrected chi connectivity index (χ4v) is 4.88. The van der Waals surface area contributed by atoms with Crippen molar-refractivity contribution in [2.24, 2.45) is 22.1 Å². The maximum atomic E-state index is 12.5. The minimum Gasteiger partial charge on any atom is -0.494 e. The van der Waals surface area contributed by atoms with Crippen LogP contribution in [0, 0.1) is 11.3 Å². The first-order valence-electron chi connectivity index (χ1n) is 14.3. The normalized spacial score (nSPS) is 16.6. The Bertz CT molecular complexity index is 965. The second kappa shape index (κ2) is 13.9. The van der Waals surface area contributed by atoms with E-state index in [-0.39, 0.29) is 29.9 Å². The number of ether oxygens (including phenoxy) is 2. The Morgan fingerprint density at radius 2 is 1.92 bits per heavy atom. The van der Waals surface area contributed by atoms with E-state index >= 15 is 0 Å². The highest BCUT2D eigenvalue weighted by molar-refractivity contribution is 5.87. The lowest BCUT2D eigenvalue weighted by Crippen LogP contribution is -2.43. The van der Waals surface area contributed by atoms with E-state index in [2.05, 4.69) is 4.99 Å². The molecule has 1 fully saturated rings. The van der Waals surface area contributed by atoms with Crippen molar-refractivity contribution >= 4 is 23.5 Å². The number of nitrogens with zero attached hydrogens (tertiary/aromatic N) is 3. The summed E-state index contributed by atoms with van der Waals surface area (Å²) in [6.07, 6.45) is 10.1. The van der Waals surface area contributed by atoms with E-state index in [0.717, 1.165) is 35.9 Å². The Morgan fingerprint density at radius 3 is 2.63 bits per heavy atom. The monoisotopic (exact) mass is 528 g/mol. The molecular weight excluding hydrogens is 480 g/mol. The van der Waals surface area contributed by atoms with Gasteiger partial charge < -0.3 is 25.0 Å². The van der Waals surface area contributed by atoms with E-state index in [1.165, 1.54) is 38.5 Å². The number of fused-ring (bicyclic) bond motifs is 1. The number of hydrogen-bond donors (Lipinski definition) is 1. The third kappa shape index (κ3) is 9.21. The first-order chi connectivity index (χ1) is 18.0. The largest absolute Gasteiger partial charge is 0.494 e. The number of carbonyl (C=O) groups is 2. The van der Waals surface area contributed by atoms with Crippen LogP contribution >= 0.6 is 0 Å². The minimum atomic E-state index is -0.329. The molecule has 1 aromatic carbocycles. The van der Waals surface area contributed by atoms with Crippen LogP contribution in [0.5, 0.6) is 5.75 Å². The molecule has 38 heavy (non-hydrogen) atoms. The fourth-order valence-electron chi connectivity index (χ4n) is 4.88. The lowest BCUT2D eigenvalue weighted by atomic mass is 9.90. The summed E-state index contributed by atoms with van der Waals surface area (Å²) in [4.78, 5) is 33.0. The Balaban J connectivity index is 1.38. The molecule has 1 aliphatic carbocycles. The van der Waals surface area contributed by atoms with Crippen LogP contribution in [-0.2, 0) is 20.9 Å². The summed E-state index contributed by atoms with van der Waals surface area (Å²) in [5, 5.41) is 0. The number of rotatable bonds is 13. The zero-order chi connectivity index (χ0) is 27.7. The summed E-state index contributed by atoms with van der Waals surface area (Å²) in [6.45, 7) is 9.78. The fraction of sp³-hybridized carbons (Fsp3) is 0.700. The zero-order valence-corrected chi connectivity index (χ0v) is 24.1. The molecule has 0 bridgehead atoms. The second-order valence-corrected chi connectivity index (χ2v) is 12.0. The molecule has 3 rings (SSSR count). The molecule has 1 unspecified atom stereocenters. The van der Waals surface area contributed by atoms with Gasteiger partial charge in [-0.25, -0.2) is 4.99 Å². The van der Waals surface area contributed by atoms with Crippen LogP contribution in [0.3, 0.4) is 0 Å². The Morgan fingerprint density at radius 1 is 1.18 bits per heavy atom. The van der Waals surface area contributed by atoms with Crippen molar-refractivity contribution < 1.29 is 19.1 Å². The van der Waals surface area contributed by atoms with Crippen molar-refractivity contribution in [2.45, 2.75) is 98.1 Å². The molecule has 8 nitrogen and oxygen atoms in total. The van der Waals surface area contributed by atoms with Gasteiger partial charge in [-0.15, -0.1) is 0 Å². The Hall–Kier alpha value is -2.77. The van der Waals surface area contributed by atoms with Crippen molar-refractivity contribution in [1.82, 2.24) is 9.80 Å². The highest BCUT2D eigenvalue weighted by atomic mass is 16.5. The van der Waals surface area contributed by atoms with Gasteiger partial charge in [-0.3, -0.25) is 9.59 Å². The third-order valence-electron chi connectivity index (χ3n) is 7.88. The average Bonchev–Trinajstić information content (AvgIpc) is 3.37. The second-order valence-electron chi connectivity index (χ2n) is 12.0. The molecule has 2 N–H and O–H groups in total. The van der Waals surface area contributed by atoms with Crippen molar-refractivity contribution in [3.05, 3.63) is 23.8 Å². The van der Waals surface area contributed by atoms with Crippen LogP contribution in [0.4, 0.5) is 5.69 Å². The zero-order valence-electron chi connectivity index (χ0n) is 24.1. The van der Waals surface area contributed by atoms with Gasteiger partial charge in [0.1, 0.15) is 18.4 Å². The average molecular weight is 529 g/mol. The Kier molecular flexibility index (Phi) is 10.9. The number of aliphatic imine (C=N–C) groups is 1. The van der Waals surface area contributed by atoms with Gasteiger partial charge in [0.05, 0.1) is 12.3 Å². The van der Waals surface area contributed by atoms with Crippen molar-refractivity contribution in [3.8, 4) is 5.75 Å². The molecule has 0 aromatic heterocycles. The summed E-state index contributed by atoms with van der Waals surface area (Å²) in [6, 6.07) is 5.67. The quantitative estimate of drug-likeness (QED) is 0.272. The molecule has 2 aliphatic rings. The summed E-state index contributed by atoms with van der Waals surface area (Å²) in [5.41, 5.74) is 7.68. The van der Waals surface area contributed by atoms with Gasteiger partial charge in [0.2, 0.25) is 5.91 Å². The third-order valence-corrected chi connectivity index (χ3v) is 7.88. The van der Waals surface area contributed by atoms with E-state index < -0.39 is 0 Å². The lowest BCUT2D eigenvalue weighted by Gasteiger charge is -2.30. The van der Waals surface area contributed by atoms with Crippen LogP contribution in [0.2, 0.25) is 0 Å². The van der Waals surface area contributed by atoms with Gasteiger partial charge in [0, 0.05) is 32.1 Å². The van der Waals surface area contributed by atoms with E-state index in [1.807, 2.05) is 57.8 Å². The number of nitrogens with two attached hydrogens (primary N) is 1.